The van der Waals surface area contributed by atoms with Crippen molar-refractivity contribution in [1.82, 2.24) is 4.90 Å². The second-order valence-corrected chi connectivity index (χ2v) is 4.19. The molecule has 1 saturated heterocycles. The second kappa shape index (κ2) is 5.64. The molecule has 1 aromatic rings. The highest BCUT2D eigenvalue weighted by Gasteiger charge is 2.06. The van der Waals surface area contributed by atoms with E-state index in [1.165, 1.54) is 5.56 Å². The summed E-state index contributed by atoms with van der Waals surface area (Å²) in [7, 11) is 0. The zero-order chi connectivity index (χ0) is 12.1. The van der Waals surface area contributed by atoms with E-state index < -0.39 is 0 Å². The topological polar surface area (TPSA) is 29.5 Å². The summed E-state index contributed by atoms with van der Waals surface area (Å²) in [5.41, 5.74) is 1.90. The predicted molar refractivity (Wildman–Crippen MR) is 67.0 cm³/mol. The number of hydrogen-bond acceptors (Lipinski definition) is 3. The van der Waals surface area contributed by atoms with Crippen molar-refractivity contribution in [2.75, 3.05) is 26.3 Å². The molecular formula is C14H17NO2. The summed E-state index contributed by atoms with van der Waals surface area (Å²) in [6.07, 6.45) is 3.50. The van der Waals surface area contributed by atoms with E-state index in [4.69, 9.17) is 4.74 Å². The first-order valence-corrected chi connectivity index (χ1v) is 5.87. The predicted octanol–water partition coefficient (Wildman–Crippen LogP) is 2.02. The van der Waals surface area contributed by atoms with Gasteiger partial charge in [-0.2, -0.15) is 0 Å². The lowest BCUT2D eigenvalue weighted by Gasteiger charge is -2.24. The maximum atomic E-state index is 11.9. The summed E-state index contributed by atoms with van der Waals surface area (Å²) in [6, 6.07) is 7.63. The van der Waals surface area contributed by atoms with Crippen LogP contribution in [0.25, 0.3) is 0 Å². The smallest absolute Gasteiger partial charge is 0.187 e. The Labute approximate surface area is 102 Å². The van der Waals surface area contributed by atoms with Crippen molar-refractivity contribution in [3.63, 3.8) is 0 Å². The molecule has 1 fully saturated rings. The minimum absolute atomic E-state index is 0.0523. The summed E-state index contributed by atoms with van der Waals surface area (Å²) in [5, 5.41) is 0. The molecule has 0 atom stereocenters. The van der Waals surface area contributed by atoms with Gasteiger partial charge in [0.25, 0.3) is 0 Å². The second-order valence-electron chi connectivity index (χ2n) is 4.19. The molecule has 0 bridgehead atoms. The van der Waals surface area contributed by atoms with Crippen molar-refractivity contribution in [1.29, 1.82) is 0 Å². The monoisotopic (exact) mass is 231 g/mol. The summed E-state index contributed by atoms with van der Waals surface area (Å²) in [5.74, 6) is 0.0523. The molecule has 1 heterocycles. The average Bonchev–Trinajstić information content (AvgIpc) is 2.38. The molecule has 0 radical (unpaired) electrons. The van der Waals surface area contributed by atoms with E-state index in [2.05, 4.69) is 4.90 Å². The van der Waals surface area contributed by atoms with Gasteiger partial charge in [-0.1, -0.05) is 29.8 Å². The Morgan fingerprint density at radius 3 is 2.53 bits per heavy atom. The quantitative estimate of drug-likeness (QED) is 0.589. The third-order valence-electron chi connectivity index (χ3n) is 2.82. The molecule has 0 amide bonds. The lowest BCUT2D eigenvalue weighted by Crippen LogP contribution is -2.32. The van der Waals surface area contributed by atoms with Gasteiger partial charge in [0.15, 0.2) is 5.78 Å². The number of morpholine rings is 1. The molecule has 90 valence electrons. The van der Waals surface area contributed by atoms with Gasteiger partial charge >= 0.3 is 0 Å². The van der Waals surface area contributed by atoms with Crippen molar-refractivity contribution in [3.05, 3.63) is 47.7 Å². The van der Waals surface area contributed by atoms with Crippen molar-refractivity contribution in [2.24, 2.45) is 0 Å². The van der Waals surface area contributed by atoms with Crippen LogP contribution in [0.3, 0.4) is 0 Å². The minimum atomic E-state index is 0.0523. The van der Waals surface area contributed by atoms with Gasteiger partial charge in [0.1, 0.15) is 0 Å². The largest absolute Gasteiger partial charge is 0.378 e. The molecule has 1 aromatic carbocycles. The Kier molecular flexibility index (Phi) is 3.94. The highest BCUT2D eigenvalue weighted by Crippen LogP contribution is 2.05. The molecule has 0 unspecified atom stereocenters. The van der Waals surface area contributed by atoms with Crippen LogP contribution in [-0.4, -0.2) is 37.0 Å². The fourth-order valence-corrected chi connectivity index (χ4v) is 1.71. The zero-order valence-corrected chi connectivity index (χ0v) is 10.1. The molecule has 0 N–H and O–H groups in total. The van der Waals surface area contributed by atoms with E-state index in [9.17, 15) is 4.79 Å². The minimum Gasteiger partial charge on any atom is -0.378 e. The molecule has 1 aliphatic rings. The first kappa shape index (κ1) is 11.9. The summed E-state index contributed by atoms with van der Waals surface area (Å²) >= 11 is 0. The van der Waals surface area contributed by atoms with E-state index in [1.807, 2.05) is 37.4 Å². The number of carbonyl (C=O) groups excluding carboxylic acids is 1. The lowest BCUT2D eigenvalue weighted by molar-refractivity contribution is 0.0591. The van der Waals surface area contributed by atoms with Crippen LogP contribution < -0.4 is 0 Å². The van der Waals surface area contributed by atoms with Gasteiger partial charge in [-0.05, 0) is 6.92 Å². The number of carbonyl (C=O) groups is 1. The number of nitrogens with zero attached hydrogens (tertiary/aromatic N) is 1. The molecule has 0 aromatic heterocycles. The van der Waals surface area contributed by atoms with E-state index in [-0.39, 0.29) is 5.78 Å². The van der Waals surface area contributed by atoms with Gasteiger partial charge in [-0.3, -0.25) is 4.79 Å². The summed E-state index contributed by atoms with van der Waals surface area (Å²) in [6.45, 7) is 5.21. The number of ketones is 1. The molecule has 0 spiro atoms. The molecule has 2 rings (SSSR count). The number of benzene rings is 1. The number of ether oxygens (including phenoxy) is 1. The fourth-order valence-electron chi connectivity index (χ4n) is 1.71. The Hall–Kier alpha value is -1.61. The summed E-state index contributed by atoms with van der Waals surface area (Å²) in [4.78, 5) is 14.0. The van der Waals surface area contributed by atoms with Gasteiger partial charge in [0.2, 0.25) is 0 Å². The molecule has 1 aliphatic heterocycles. The number of allylic oxidation sites excluding steroid dienone is 1. The first-order chi connectivity index (χ1) is 8.25. The Bertz CT molecular complexity index is 403. The molecule has 0 aliphatic carbocycles. The fraction of sp³-hybridized carbons (Fsp3) is 0.357. The van der Waals surface area contributed by atoms with E-state index in [0.29, 0.717) is 0 Å². The van der Waals surface area contributed by atoms with Gasteiger partial charge in [0, 0.05) is 30.9 Å². The SMILES string of the molecule is Cc1ccc(C(=O)/C=C/N2CCOCC2)cc1. The van der Waals surface area contributed by atoms with Crippen LogP contribution in [0.2, 0.25) is 0 Å². The summed E-state index contributed by atoms with van der Waals surface area (Å²) < 4.78 is 5.24. The number of aryl methyl sites for hydroxylation is 1. The van der Waals surface area contributed by atoms with Gasteiger partial charge in [-0.15, -0.1) is 0 Å². The van der Waals surface area contributed by atoms with Crippen LogP contribution in [0.15, 0.2) is 36.5 Å². The van der Waals surface area contributed by atoms with Crippen LogP contribution in [0.4, 0.5) is 0 Å². The number of hydrogen-bond donors (Lipinski definition) is 0. The third-order valence-corrected chi connectivity index (χ3v) is 2.82. The van der Waals surface area contributed by atoms with Gasteiger partial charge < -0.3 is 9.64 Å². The molecule has 0 saturated carbocycles. The van der Waals surface area contributed by atoms with Crippen molar-refractivity contribution < 1.29 is 9.53 Å². The van der Waals surface area contributed by atoms with Crippen molar-refractivity contribution >= 4 is 5.78 Å². The molecule has 3 heteroatoms. The van der Waals surface area contributed by atoms with Crippen LogP contribution in [0, 0.1) is 6.92 Å². The first-order valence-electron chi connectivity index (χ1n) is 5.87. The maximum Gasteiger partial charge on any atom is 0.187 e. The standard InChI is InChI=1S/C14H17NO2/c1-12-2-4-13(5-3-12)14(16)6-7-15-8-10-17-11-9-15/h2-7H,8-11H2,1H3/b7-6+. The van der Waals surface area contributed by atoms with Crippen LogP contribution >= 0.6 is 0 Å². The van der Waals surface area contributed by atoms with E-state index >= 15 is 0 Å². The van der Waals surface area contributed by atoms with E-state index in [1.54, 1.807) is 6.08 Å². The molecule has 17 heavy (non-hydrogen) atoms. The lowest BCUT2D eigenvalue weighted by atomic mass is 10.1. The van der Waals surface area contributed by atoms with Crippen molar-refractivity contribution in [2.45, 2.75) is 6.92 Å². The van der Waals surface area contributed by atoms with Crippen LogP contribution in [0.5, 0.6) is 0 Å². The number of rotatable bonds is 3. The van der Waals surface area contributed by atoms with Crippen molar-refractivity contribution in [3.8, 4) is 0 Å². The average molecular weight is 231 g/mol. The third kappa shape index (κ3) is 3.43. The maximum absolute atomic E-state index is 11.9. The Balaban J connectivity index is 1.96. The Morgan fingerprint density at radius 2 is 1.88 bits per heavy atom. The zero-order valence-electron chi connectivity index (χ0n) is 10.1. The molecular weight excluding hydrogens is 214 g/mol. The van der Waals surface area contributed by atoms with E-state index in [0.717, 1.165) is 31.9 Å². The van der Waals surface area contributed by atoms with Gasteiger partial charge in [0.05, 0.1) is 13.2 Å². The molecule has 3 nitrogen and oxygen atoms in total. The van der Waals surface area contributed by atoms with Crippen LogP contribution in [-0.2, 0) is 4.74 Å². The normalized spacial score (nSPS) is 16.4. The van der Waals surface area contributed by atoms with Gasteiger partial charge in [-0.25, -0.2) is 0 Å². The Morgan fingerprint density at radius 1 is 1.24 bits per heavy atom. The highest BCUT2D eigenvalue weighted by atomic mass is 16.5. The van der Waals surface area contributed by atoms with Crippen LogP contribution in [0.1, 0.15) is 15.9 Å². The highest BCUT2D eigenvalue weighted by molar-refractivity contribution is 6.04.